The van der Waals surface area contributed by atoms with E-state index in [0.717, 1.165) is 12.2 Å². The highest BCUT2D eigenvalue weighted by Crippen LogP contribution is 2.12. The lowest BCUT2D eigenvalue weighted by molar-refractivity contribution is 0.0600. The number of likely N-dealkylation sites (N-methyl/N-ethyl adjacent to an activating group) is 2. The van der Waals surface area contributed by atoms with Crippen LogP contribution in [0.15, 0.2) is 30.7 Å². The number of carbonyl (C=O) groups is 1. The molecular weight excluding hydrogens is 296 g/mol. The number of nitrogens with zero attached hydrogens (tertiary/aromatic N) is 5. The minimum Gasteiger partial charge on any atom is -0.465 e. The molecule has 0 saturated carbocycles. The lowest BCUT2D eigenvalue weighted by Crippen LogP contribution is -2.31. The van der Waals surface area contributed by atoms with Gasteiger partial charge in [-0.1, -0.05) is 0 Å². The van der Waals surface area contributed by atoms with Gasteiger partial charge in [0, 0.05) is 39.6 Å². The molecule has 0 spiro atoms. The zero-order chi connectivity index (χ0) is 16.8. The molecule has 0 aliphatic carbocycles. The van der Waals surface area contributed by atoms with Crippen LogP contribution in [-0.4, -0.2) is 55.2 Å². The van der Waals surface area contributed by atoms with Crippen LogP contribution in [-0.2, 0) is 4.74 Å². The SMILES string of the molecule is COC(=O)c1cnc(N(C)CCN(C)c2ccc(N)nc2)nc1. The molecule has 0 aromatic carbocycles. The normalized spacial score (nSPS) is 10.2. The van der Waals surface area contributed by atoms with Crippen LogP contribution in [0.5, 0.6) is 0 Å². The third-order valence-corrected chi connectivity index (χ3v) is 3.38. The molecule has 0 amide bonds. The Morgan fingerprint density at radius 3 is 2.30 bits per heavy atom. The molecule has 8 heteroatoms. The maximum Gasteiger partial charge on any atom is 0.341 e. The average Bonchev–Trinajstić information content (AvgIpc) is 2.59. The molecule has 2 N–H and O–H groups in total. The van der Waals surface area contributed by atoms with Gasteiger partial charge < -0.3 is 20.3 Å². The van der Waals surface area contributed by atoms with Gasteiger partial charge in [0.1, 0.15) is 5.82 Å². The van der Waals surface area contributed by atoms with Crippen LogP contribution in [0.3, 0.4) is 0 Å². The van der Waals surface area contributed by atoms with Crippen molar-refractivity contribution in [3.05, 3.63) is 36.3 Å². The van der Waals surface area contributed by atoms with Gasteiger partial charge in [-0.05, 0) is 12.1 Å². The molecule has 2 aromatic heterocycles. The first-order chi connectivity index (χ1) is 11.0. The number of nitrogen functional groups attached to an aromatic ring is 1. The molecule has 0 aliphatic heterocycles. The average molecular weight is 316 g/mol. The molecule has 23 heavy (non-hydrogen) atoms. The number of rotatable bonds is 6. The van der Waals surface area contributed by atoms with Crippen LogP contribution < -0.4 is 15.5 Å². The van der Waals surface area contributed by atoms with Gasteiger partial charge >= 0.3 is 5.97 Å². The molecule has 2 heterocycles. The molecule has 0 atom stereocenters. The molecule has 0 bridgehead atoms. The maximum absolute atomic E-state index is 11.4. The van der Waals surface area contributed by atoms with Crippen LogP contribution >= 0.6 is 0 Å². The first kappa shape index (κ1) is 16.5. The molecule has 0 unspecified atom stereocenters. The van der Waals surface area contributed by atoms with Crippen molar-refractivity contribution in [1.29, 1.82) is 0 Å². The van der Waals surface area contributed by atoms with E-state index in [1.54, 1.807) is 12.3 Å². The van der Waals surface area contributed by atoms with Crippen molar-refractivity contribution in [3.8, 4) is 0 Å². The van der Waals surface area contributed by atoms with Crippen molar-refractivity contribution in [2.24, 2.45) is 0 Å². The van der Waals surface area contributed by atoms with Crippen LogP contribution in [0.2, 0.25) is 0 Å². The highest BCUT2D eigenvalue weighted by atomic mass is 16.5. The van der Waals surface area contributed by atoms with E-state index in [0.29, 0.717) is 23.9 Å². The third-order valence-electron chi connectivity index (χ3n) is 3.38. The lowest BCUT2D eigenvalue weighted by Gasteiger charge is -2.23. The van der Waals surface area contributed by atoms with Crippen molar-refractivity contribution in [2.75, 3.05) is 49.8 Å². The van der Waals surface area contributed by atoms with E-state index >= 15 is 0 Å². The van der Waals surface area contributed by atoms with E-state index in [-0.39, 0.29) is 0 Å². The number of nitrogens with two attached hydrogens (primary N) is 1. The molecular formula is C15H20N6O2. The molecule has 0 aliphatic rings. The molecule has 122 valence electrons. The van der Waals surface area contributed by atoms with E-state index in [1.807, 2.05) is 25.1 Å². The number of anilines is 3. The monoisotopic (exact) mass is 316 g/mol. The Morgan fingerprint density at radius 1 is 1.09 bits per heavy atom. The number of esters is 1. The Kier molecular flexibility index (Phi) is 5.29. The highest BCUT2D eigenvalue weighted by Gasteiger charge is 2.10. The van der Waals surface area contributed by atoms with Crippen LogP contribution in [0, 0.1) is 0 Å². The third kappa shape index (κ3) is 4.29. The lowest BCUT2D eigenvalue weighted by atomic mass is 10.3. The zero-order valence-corrected chi connectivity index (χ0v) is 13.4. The second-order valence-corrected chi connectivity index (χ2v) is 5.05. The summed E-state index contributed by atoms with van der Waals surface area (Å²) in [7, 11) is 5.19. The predicted molar refractivity (Wildman–Crippen MR) is 88.6 cm³/mol. The number of hydrogen-bond donors (Lipinski definition) is 1. The number of methoxy groups -OCH3 is 1. The highest BCUT2D eigenvalue weighted by molar-refractivity contribution is 5.88. The van der Waals surface area contributed by atoms with Gasteiger partial charge in [0.05, 0.1) is 24.6 Å². The maximum atomic E-state index is 11.4. The quantitative estimate of drug-likeness (QED) is 0.782. The van der Waals surface area contributed by atoms with Crippen LogP contribution in [0.1, 0.15) is 10.4 Å². The fraction of sp³-hybridized carbons (Fsp3) is 0.333. The van der Waals surface area contributed by atoms with Gasteiger partial charge in [-0.15, -0.1) is 0 Å². The molecule has 2 rings (SSSR count). The molecule has 8 nitrogen and oxygen atoms in total. The minimum absolute atomic E-state index is 0.328. The second kappa shape index (κ2) is 7.39. The molecule has 0 fully saturated rings. The fourth-order valence-electron chi connectivity index (χ4n) is 1.89. The molecule has 0 saturated heterocycles. The molecule has 0 radical (unpaired) electrons. The number of hydrogen-bond acceptors (Lipinski definition) is 8. The van der Waals surface area contributed by atoms with Crippen molar-refractivity contribution >= 4 is 23.4 Å². The summed E-state index contributed by atoms with van der Waals surface area (Å²) in [6.07, 6.45) is 4.65. The van der Waals surface area contributed by atoms with Crippen molar-refractivity contribution < 1.29 is 9.53 Å². The summed E-state index contributed by atoms with van der Waals surface area (Å²) in [4.78, 5) is 27.7. The fourth-order valence-corrected chi connectivity index (χ4v) is 1.89. The van der Waals surface area contributed by atoms with Gasteiger partial charge in [0.2, 0.25) is 5.95 Å². The van der Waals surface area contributed by atoms with Crippen molar-refractivity contribution in [3.63, 3.8) is 0 Å². The predicted octanol–water partition coefficient (Wildman–Crippen LogP) is 0.813. The Hall–Kier alpha value is -2.90. The number of carbonyl (C=O) groups excluding carboxylic acids is 1. The standard InChI is InChI=1S/C15H20N6O2/c1-20(12-4-5-13(16)17-10-12)6-7-21(2)15-18-8-11(9-19-15)14(22)23-3/h4-5,8-10H,6-7H2,1-3H3,(H2,16,17). The first-order valence-corrected chi connectivity index (χ1v) is 7.05. The van der Waals surface area contributed by atoms with Crippen molar-refractivity contribution in [1.82, 2.24) is 15.0 Å². The van der Waals surface area contributed by atoms with E-state index in [2.05, 4.69) is 24.6 Å². The summed E-state index contributed by atoms with van der Waals surface area (Å²) in [6.45, 7) is 1.46. The summed E-state index contributed by atoms with van der Waals surface area (Å²) in [5, 5.41) is 0. The Labute approximate surface area is 134 Å². The van der Waals surface area contributed by atoms with Gasteiger partial charge in [-0.3, -0.25) is 0 Å². The smallest absolute Gasteiger partial charge is 0.341 e. The largest absolute Gasteiger partial charge is 0.465 e. The van der Waals surface area contributed by atoms with Crippen LogP contribution in [0.4, 0.5) is 17.5 Å². The summed E-state index contributed by atoms with van der Waals surface area (Å²) in [5.74, 6) is 0.592. The van der Waals surface area contributed by atoms with Gasteiger partial charge in [-0.2, -0.15) is 0 Å². The topological polar surface area (TPSA) is 97.5 Å². The van der Waals surface area contributed by atoms with Crippen LogP contribution in [0.25, 0.3) is 0 Å². The van der Waals surface area contributed by atoms with Gasteiger partial charge in [0.15, 0.2) is 0 Å². The number of aromatic nitrogens is 3. The van der Waals surface area contributed by atoms with E-state index in [9.17, 15) is 4.79 Å². The number of ether oxygens (including phenoxy) is 1. The summed E-state index contributed by atoms with van der Waals surface area (Å²) in [5.41, 5.74) is 6.89. The van der Waals surface area contributed by atoms with E-state index in [1.165, 1.54) is 19.5 Å². The Morgan fingerprint density at radius 2 is 1.74 bits per heavy atom. The minimum atomic E-state index is -0.449. The van der Waals surface area contributed by atoms with Gasteiger partial charge in [0.25, 0.3) is 0 Å². The first-order valence-electron chi connectivity index (χ1n) is 7.05. The van der Waals surface area contributed by atoms with E-state index in [4.69, 9.17) is 5.73 Å². The zero-order valence-electron chi connectivity index (χ0n) is 13.4. The summed E-state index contributed by atoms with van der Waals surface area (Å²) in [6, 6.07) is 3.69. The van der Waals surface area contributed by atoms with E-state index < -0.39 is 5.97 Å². The Balaban J connectivity index is 1.92. The van der Waals surface area contributed by atoms with Crippen molar-refractivity contribution in [2.45, 2.75) is 0 Å². The van der Waals surface area contributed by atoms with Gasteiger partial charge in [-0.25, -0.2) is 19.7 Å². The molecule has 2 aromatic rings. The number of pyridine rings is 1. The second-order valence-electron chi connectivity index (χ2n) is 5.05. The Bertz CT molecular complexity index is 644. The summed E-state index contributed by atoms with van der Waals surface area (Å²) >= 11 is 0. The summed E-state index contributed by atoms with van der Waals surface area (Å²) < 4.78 is 4.62.